The van der Waals surface area contributed by atoms with Crippen LogP contribution in [0.1, 0.15) is 78.1 Å². The highest BCUT2D eigenvalue weighted by Gasteiger charge is 2.57. The predicted molar refractivity (Wildman–Crippen MR) is 127 cm³/mol. The zero-order valence-electron chi connectivity index (χ0n) is 18.7. The zero-order chi connectivity index (χ0) is 22.4. The Balaban J connectivity index is 1.66. The van der Waals surface area contributed by atoms with Gasteiger partial charge in [-0.2, -0.15) is 0 Å². The van der Waals surface area contributed by atoms with Gasteiger partial charge in [0.1, 0.15) is 5.82 Å². The minimum Gasteiger partial charge on any atom is -0.383 e. The molecule has 1 aromatic rings. The predicted octanol–water partition coefficient (Wildman–Crippen LogP) is 3.79. The first-order valence-corrected chi connectivity index (χ1v) is 12.6. The van der Waals surface area contributed by atoms with Gasteiger partial charge < -0.3 is 10.6 Å². The van der Waals surface area contributed by atoms with E-state index >= 15 is 0 Å². The van der Waals surface area contributed by atoms with Gasteiger partial charge in [-0.1, -0.05) is 36.2 Å². The van der Waals surface area contributed by atoms with Crippen LogP contribution in [0.2, 0.25) is 0 Å². The highest BCUT2D eigenvalue weighted by atomic mass is 79.9. The number of anilines is 2. The minimum atomic E-state index is -0.568. The summed E-state index contributed by atoms with van der Waals surface area (Å²) in [5.74, 6) is 1.45. The Kier molecular flexibility index (Phi) is 6.14. The van der Waals surface area contributed by atoms with Crippen molar-refractivity contribution in [1.82, 2.24) is 9.55 Å². The molecule has 0 saturated heterocycles. The Hall–Kier alpha value is -1.57. The number of H-pyrrole nitrogens is 1. The van der Waals surface area contributed by atoms with Crippen molar-refractivity contribution in [2.75, 3.05) is 17.2 Å². The summed E-state index contributed by atoms with van der Waals surface area (Å²) >= 11 is 4.03. The summed E-state index contributed by atoms with van der Waals surface area (Å²) in [6.07, 6.45) is 9.78. The molecule has 1 amide bonds. The van der Waals surface area contributed by atoms with Gasteiger partial charge in [0.05, 0.1) is 0 Å². The van der Waals surface area contributed by atoms with Crippen molar-refractivity contribution in [3.8, 4) is 0 Å². The second kappa shape index (κ2) is 8.41. The molecule has 0 unspecified atom stereocenters. The Bertz CT molecular complexity index is 955. The van der Waals surface area contributed by atoms with Crippen LogP contribution < -0.4 is 21.9 Å². The van der Waals surface area contributed by atoms with E-state index in [0.717, 1.165) is 32.1 Å². The number of amides is 1. The number of nitrogens with zero attached hydrogens (tertiary/aromatic N) is 2. The van der Waals surface area contributed by atoms with Crippen molar-refractivity contribution in [2.24, 2.45) is 17.3 Å². The van der Waals surface area contributed by atoms with Crippen LogP contribution in [0.15, 0.2) is 9.59 Å². The number of aromatic nitrogens is 2. The van der Waals surface area contributed by atoms with E-state index in [1.54, 1.807) is 4.90 Å². The Morgan fingerprint density at radius 2 is 1.87 bits per heavy atom. The van der Waals surface area contributed by atoms with Crippen LogP contribution in [0.5, 0.6) is 0 Å². The summed E-state index contributed by atoms with van der Waals surface area (Å²) < 4.78 is 1.55. The van der Waals surface area contributed by atoms with Crippen LogP contribution in [-0.2, 0) is 11.3 Å². The Morgan fingerprint density at radius 1 is 1.19 bits per heavy atom. The van der Waals surface area contributed by atoms with Crippen molar-refractivity contribution >= 4 is 33.3 Å². The fourth-order valence-electron chi connectivity index (χ4n) is 6.92. The second-order valence-electron chi connectivity index (χ2n) is 10.3. The lowest BCUT2D eigenvalue weighted by atomic mass is 9.48. The third kappa shape index (κ3) is 4.24. The maximum atomic E-state index is 13.7. The lowest BCUT2D eigenvalue weighted by Crippen LogP contribution is -2.54. The molecule has 8 heteroatoms. The minimum absolute atomic E-state index is 0.00845. The quantitative estimate of drug-likeness (QED) is 0.536. The standard InChI is InChI=1S/C23H35BrN4O3/c1-3-5-7-27(18-19(25)28(6-4-2)21(31)26-20(18)30)17(29)13-22-9-15-8-16(10-22)12-23(24,11-15)14-22/h15-16H,3-14,25H2,1-2H3,(H,26,30,31)/t15-,16-,22?,23?/m1/s1. The summed E-state index contributed by atoms with van der Waals surface area (Å²) in [7, 11) is 0. The fourth-order valence-corrected chi connectivity index (χ4v) is 8.43. The first kappa shape index (κ1) is 22.6. The molecule has 2 atom stereocenters. The number of nitrogens with two attached hydrogens (primary N) is 1. The fraction of sp³-hybridized carbons (Fsp3) is 0.783. The summed E-state index contributed by atoms with van der Waals surface area (Å²) in [6, 6.07) is 0. The average Bonchev–Trinajstić information content (AvgIpc) is 2.65. The number of rotatable bonds is 8. The Morgan fingerprint density at radius 3 is 2.45 bits per heavy atom. The SMILES string of the molecule is CCCCN(C(=O)CC12C[C@H]3C[C@@H](CC(Br)(C3)C1)C2)c1c(N)n(CCC)c(=O)[nH]c1=O. The molecule has 4 aliphatic rings. The lowest BCUT2D eigenvalue weighted by molar-refractivity contribution is -0.125. The molecule has 4 saturated carbocycles. The van der Waals surface area contributed by atoms with Crippen LogP contribution in [0.4, 0.5) is 11.5 Å². The van der Waals surface area contributed by atoms with Crippen LogP contribution in [0.25, 0.3) is 0 Å². The molecule has 4 aliphatic carbocycles. The highest BCUT2D eigenvalue weighted by Crippen LogP contribution is 2.65. The van der Waals surface area contributed by atoms with Gasteiger partial charge in [0, 0.05) is 23.8 Å². The number of alkyl halides is 1. The number of nitrogens with one attached hydrogen (secondary N) is 1. The second-order valence-corrected chi connectivity index (χ2v) is 12.0. The van der Waals surface area contributed by atoms with Crippen LogP contribution in [0, 0.1) is 17.3 Å². The molecule has 4 fully saturated rings. The lowest BCUT2D eigenvalue weighted by Gasteiger charge is -2.60. The number of nitrogen functional groups attached to an aromatic ring is 1. The van der Waals surface area contributed by atoms with Crippen LogP contribution >= 0.6 is 15.9 Å². The smallest absolute Gasteiger partial charge is 0.330 e. The van der Waals surface area contributed by atoms with E-state index in [0.29, 0.717) is 37.8 Å². The molecule has 4 bridgehead atoms. The summed E-state index contributed by atoms with van der Waals surface area (Å²) in [5, 5.41) is 0. The van der Waals surface area contributed by atoms with E-state index in [-0.39, 0.29) is 27.2 Å². The number of hydrogen-bond donors (Lipinski definition) is 2. The van der Waals surface area contributed by atoms with E-state index in [9.17, 15) is 14.4 Å². The molecule has 5 rings (SSSR count). The van der Waals surface area contributed by atoms with E-state index in [1.807, 2.05) is 6.92 Å². The number of carbonyl (C=O) groups excluding carboxylic acids is 1. The van der Waals surface area contributed by atoms with Crippen LogP contribution in [0.3, 0.4) is 0 Å². The molecule has 3 N–H and O–H groups in total. The van der Waals surface area contributed by atoms with Crippen molar-refractivity contribution in [3.05, 3.63) is 20.8 Å². The molecule has 0 aliphatic heterocycles. The maximum Gasteiger partial charge on any atom is 0.330 e. The van der Waals surface area contributed by atoms with Gasteiger partial charge in [-0.25, -0.2) is 4.79 Å². The molecular weight excluding hydrogens is 460 g/mol. The summed E-state index contributed by atoms with van der Waals surface area (Å²) in [4.78, 5) is 42.7. The number of hydrogen-bond acceptors (Lipinski definition) is 4. The van der Waals surface area contributed by atoms with Gasteiger partial charge in [0.25, 0.3) is 5.56 Å². The number of halogens is 1. The van der Waals surface area contributed by atoms with E-state index in [4.69, 9.17) is 5.73 Å². The van der Waals surface area contributed by atoms with E-state index < -0.39 is 11.2 Å². The molecule has 1 heterocycles. The largest absolute Gasteiger partial charge is 0.383 e. The van der Waals surface area contributed by atoms with Gasteiger partial charge in [0.15, 0.2) is 5.69 Å². The van der Waals surface area contributed by atoms with Crippen LogP contribution in [-0.4, -0.2) is 26.3 Å². The highest BCUT2D eigenvalue weighted by molar-refractivity contribution is 9.10. The molecule has 1 aromatic heterocycles. The van der Waals surface area contributed by atoms with E-state index in [1.165, 1.54) is 23.8 Å². The topological polar surface area (TPSA) is 101 Å². The third-order valence-corrected chi connectivity index (χ3v) is 8.53. The normalized spacial score (nSPS) is 31.2. The monoisotopic (exact) mass is 494 g/mol. The van der Waals surface area contributed by atoms with Gasteiger partial charge in [0.2, 0.25) is 5.91 Å². The first-order valence-electron chi connectivity index (χ1n) is 11.8. The van der Waals surface area contributed by atoms with Crippen molar-refractivity contribution in [1.29, 1.82) is 0 Å². The molecule has 7 nitrogen and oxygen atoms in total. The van der Waals surface area contributed by atoms with Gasteiger partial charge in [-0.05, 0) is 68.6 Å². The average molecular weight is 495 g/mol. The molecule has 31 heavy (non-hydrogen) atoms. The first-order chi connectivity index (χ1) is 14.7. The van der Waals surface area contributed by atoms with Crippen molar-refractivity contribution < 1.29 is 4.79 Å². The maximum absolute atomic E-state index is 13.7. The number of aromatic amines is 1. The molecule has 0 aromatic carbocycles. The van der Waals surface area contributed by atoms with Gasteiger partial charge in [-0.15, -0.1) is 0 Å². The summed E-state index contributed by atoms with van der Waals surface area (Å²) in [6.45, 7) is 4.85. The Labute approximate surface area is 191 Å². The number of unbranched alkanes of at least 4 members (excludes halogenated alkanes) is 1. The van der Waals surface area contributed by atoms with Crippen molar-refractivity contribution in [3.63, 3.8) is 0 Å². The third-order valence-electron chi connectivity index (χ3n) is 7.60. The molecule has 0 spiro atoms. The van der Waals surface area contributed by atoms with Gasteiger partial charge in [-0.3, -0.25) is 19.1 Å². The van der Waals surface area contributed by atoms with Crippen molar-refractivity contribution in [2.45, 2.75) is 88.9 Å². The van der Waals surface area contributed by atoms with Gasteiger partial charge >= 0.3 is 5.69 Å². The molecule has 0 radical (unpaired) electrons. The van der Waals surface area contributed by atoms with E-state index in [2.05, 4.69) is 27.8 Å². The zero-order valence-corrected chi connectivity index (χ0v) is 20.3. The summed E-state index contributed by atoms with van der Waals surface area (Å²) in [5.41, 5.74) is 5.37. The number of carbonyl (C=O) groups is 1. The molecular formula is C23H35BrN4O3. The molecule has 172 valence electrons.